The van der Waals surface area contributed by atoms with E-state index < -0.39 is 5.91 Å². The van der Waals surface area contributed by atoms with Crippen LogP contribution >= 0.6 is 23.2 Å². The first kappa shape index (κ1) is 18.8. The first-order valence-electron chi connectivity index (χ1n) is 9.36. The minimum absolute atomic E-state index is 0.462. The lowest BCUT2D eigenvalue weighted by Gasteiger charge is -2.09. The van der Waals surface area contributed by atoms with Crippen molar-refractivity contribution in [2.24, 2.45) is 5.73 Å². The summed E-state index contributed by atoms with van der Waals surface area (Å²) >= 11 is 12.9. The van der Waals surface area contributed by atoms with E-state index in [0.717, 1.165) is 38.7 Å². The van der Waals surface area contributed by atoms with Gasteiger partial charge in [-0.3, -0.25) is 4.79 Å². The lowest BCUT2D eigenvalue weighted by Crippen LogP contribution is -2.11. The molecule has 5 rings (SSSR count). The molecule has 0 atom stereocenters. The Kier molecular flexibility index (Phi) is 4.54. The molecule has 6 heteroatoms. The molecular formula is C24H16Cl2N2O2. The second-order valence-electron chi connectivity index (χ2n) is 7.06. The summed E-state index contributed by atoms with van der Waals surface area (Å²) in [7, 11) is 0. The number of aromatic nitrogens is 1. The van der Waals surface area contributed by atoms with Crippen molar-refractivity contribution in [3.8, 4) is 11.1 Å². The van der Waals surface area contributed by atoms with Gasteiger partial charge >= 0.3 is 0 Å². The fraction of sp³-hybridized carbons (Fsp3) is 0.0417. The van der Waals surface area contributed by atoms with Gasteiger partial charge in [0.2, 0.25) is 5.91 Å². The van der Waals surface area contributed by atoms with E-state index in [0.29, 0.717) is 22.2 Å². The van der Waals surface area contributed by atoms with E-state index in [2.05, 4.69) is 4.57 Å². The number of carbonyl (C=O) groups is 1. The van der Waals surface area contributed by atoms with Gasteiger partial charge in [0.15, 0.2) is 0 Å². The Balaban J connectivity index is 1.85. The summed E-state index contributed by atoms with van der Waals surface area (Å²) in [5, 5.41) is 2.91. The first-order chi connectivity index (χ1) is 14.5. The van der Waals surface area contributed by atoms with E-state index in [1.54, 1.807) is 12.3 Å². The molecule has 2 N–H and O–H groups in total. The number of hydrogen-bond donors (Lipinski definition) is 1. The summed E-state index contributed by atoms with van der Waals surface area (Å²) in [6.07, 6.45) is 1.65. The number of nitrogens with two attached hydrogens (primary N) is 1. The van der Waals surface area contributed by atoms with Crippen molar-refractivity contribution in [2.75, 3.05) is 0 Å². The second kappa shape index (κ2) is 7.24. The van der Waals surface area contributed by atoms with Crippen molar-refractivity contribution in [1.29, 1.82) is 0 Å². The van der Waals surface area contributed by atoms with Crippen molar-refractivity contribution in [2.45, 2.75) is 6.54 Å². The molecule has 0 radical (unpaired) electrons. The fourth-order valence-corrected chi connectivity index (χ4v) is 4.62. The van der Waals surface area contributed by atoms with Crippen LogP contribution in [0.4, 0.5) is 0 Å². The zero-order valence-corrected chi connectivity index (χ0v) is 17.2. The molecule has 2 heterocycles. The minimum atomic E-state index is -0.462. The molecule has 4 nitrogen and oxygen atoms in total. The van der Waals surface area contributed by atoms with Crippen LogP contribution in [0.3, 0.4) is 0 Å². The number of carbonyl (C=O) groups excluding carboxylic acids is 1. The lowest BCUT2D eigenvalue weighted by atomic mass is 10.0. The molecular weight excluding hydrogens is 419 g/mol. The van der Waals surface area contributed by atoms with Gasteiger partial charge < -0.3 is 14.7 Å². The number of primary amides is 1. The van der Waals surface area contributed by atoms with Gasteiger partial charge in [-0.15, -0.1) is 0 Å². The Bertz CT molecular complexity index is 1400. The van der Waals surface area contributed by atoms with Gasteiger partial charge in [-0.1, -0.05) is 47.5 Å². The topological polar surface area (TPSA) is 61.2 Å². The summed E-state index contributed by atoms with van der Waals surface area (Å²) in [5.41, 5.74) is 9.66. The number of nitrogens with zero attached hydrogens (tertiary/aromatic N) is 1. The third-order valence-electron chi connectivity index (χ3n) is 5.30. The Labute approximate surface area is 182 Å². The number of amides is 1. The maximum atomic E-state index is 12.1. The van der Waals surface area contributed by atoms with Crippen LogP contribution in [-0.2, 0) is 6.54 Å². The van der Waals surface area contributed by atoms with Crippen LogP contribution in [0.15, 0.2) is 77.4 Å². The Hall–Kier alpha value is -3.21. The minimum Gasteiger partial charge on any atom is -0.467 e. The Morgan fingerprint density at radius 2 is 1.70 bits per heavy atom. The average Bonchev–Trinajstić information content (AvgIpc) is 3.35. The average molecular weight is 435 g/mol. The van der Waals surface area contributed by atoms with E-state index in [-0.39, 0.29) is 0 Å². The van der Waals surface area contributed by atoms with Gasteiger partial charge in [-0.25, -0.2) is 0 Å². The van der Waals surface area contributed by atoms with Crippen LogP contribution in [0.1, 0.15) is 16.1 Å². The molecule has 1 amide bonds. The number of furan rings is 1. The van der Waals surface area contributed by atoms with Gasteiger partial charge in [0.05, 0.1) is 23.8 Å². The largest absolute Gasteiger partial charge is 0.467 e. The smallest absolute Gasteiger partial charge is 0.249 e. The molecule has 0 spiro atoms. The van der Waals surface area contributed by atoms with Gasteiger partial charge in [0, 0.05) is 31.9 Å². The third-order valence-corrected chi connectivity index (χ3v) is 5.93. The van der Waals surface area contributed by atoms with E-state index >= 15 is 0 Å². The monoisotopic (exact) mass is 434 g/mol. The van der Waals surface area contributed by atoms with Gasteiger partial charge in [-0.05, 0) is 48.0 Å². The summed E-state index contributed by atoms with van der Waals surface area (Å²) in [6.45, 7) is 0.509. The SMILES string of the molecule is NC(=O)c1cccc2c1c1ccc(-c3c(Cl)cccc3Cl)cc1n2Cc1ccco1. The van der Waals surface area contributed by atoms with Gasteiger partial charge in [-0.2, -0.15) is 0 Å². The highest BCUT2D eigenvalue weighted by Gasteiger charge is 2.18. The number of benzene rings is 3. The Morgan fingerprint density at radius 3 is 2.40 bits per heavy atom. The summed E-state index contributed by atoms with van der Waals surface area (Å²) in [4.78, 5) is 12.1. The molecule has 0 fully saturated rings. The predicted molar refractivity (Wildman–Crippen MR) is 121 cm³/mol. The second-order valence-corrected chi connectivity index (χ2v) is 7.87. The number of halogens is 2. The maximum absolute atomic E-state index is 12.1. The van der Waals surface area contributed by atoms with Crippen molar-refractivity contribution < 1.29 is 9.21 Å². The van der Waals surface area contributed by atoms with Crippen molar-refractivity contribution in [3.63, 3.8) is 0 Å². The highest BCUT2D eigenvalue weighted by Crippen LogP contribution is 2.39. The molecule has 3 aromatic carbocycles. The molecule has 148 valence electrons. The lowest BCUT2D eigenvalue weighted by molar-refractivity contribution is 0.100. The molecule has 0 bridgehead atoms. The first-order valence-corrected chi connectivity index (χ1v) is 10.1. The van der Waals surface area contributed by atoms with Gasteiger partial charge in [0.1, 0.15) is 5.76 Å². The van der Waals surface area contributed by atoms with Crippen LogP contribution in [0.25, 0.3) is 32.9 Å². The fourth-order valence-electron chi connectivity index (χ4n) is 4.01. The summed E-state index contributed by atoms with van der Waals surface area (Å²) in [6, 6.07) is 20.8. The quantitative estimate of drug-likeness (QED) is 0.350. The molecule has 5 aromatic rings. The van der Waals surface area contributed by atoms with Crippen molar-refractivity contribution in [1.82, 2.24) is 4.57 Å². The summed E-state index contributed by atoms with van der Waals surface area (Å²) in [5.74, 6) is 0.343. The number of hydrogen-bond acceptors (Lipinski definition) is 2. The molecule has 0 saturated carbocycles. The number of rotatable bonds is 4. The summed E-state index contributed by atoms with van der Waals surface area (Å²) < 4.78 is 7.70. The molecule has 0 aliphatic heterocycles. The van der Waals surface area contributed by atoms with Crippen LogP contribution in [0.5, 0.6) is 0 Å². The van der Waals surface area contributed by atoms with Crippen molar-refractivity contribution >= 4 is 50.9 Å². The standard InChI is InChI=1S/C24H16Cl2N2O2/c25-18-6-2-7-19(26)22(18)14-9-10-16-21(12-14)28(13-15-4-3-11-30-15)20-8-1-5-17(23(16)20)24(27)29/h1-12H,13H2,(H2,27,29). The van der Waals surface area contributed by atoms with Crippen LogP contribution < -0.4 is 5.73 Å². The normalized spacial score (nSPS) is 11.4. The zero-order valence-electron chi connectivity index (χ0n) is 15.7. The highest BCUT2D eigenvalue weighted by molar-refractivity contribution is 6.39. The molecule has 0 saturated heterocycles. The van der Waals surface area contributed by atoms with Crippen LogP contribution in [0.2, 0.25) is 10.0 Å². The molecule has 0 aliphatic rings. The highest BCUT2D eigenvalue weighted by atomic mass is 35.5. The maximum Gasteiger partial charge on any atom is 0.249 e. The number of fused-ring (bicyclic) bond motifs is 3. The van der Waals surface area contributed by atoms with E-state index in [1.807, 2.05) is 60.7 Å². The van der Waals surface area contributed by atoms with Crippen molar-refractivity contribution in [3.05, 3.63) is 94.4 Å². The van der Waals surface area contributed by atoms with Gasteiger partial charge in [0.25, 0.3) is 0 Å². The molecule has 30 heavy (non-hydrogen) atoms. The van der Waals surface area contributed by atoms with Crippen LogP contribution in [0, 0.1) is 0 Å². The van der Waals surface area contributed by atoms with Crippen LogP contribution in [-0.4, -0.2) is 10.5 Å². The molecule has 2 aromatic heterocycles. The zero-order chi connectivity index (χ0) is 20.8. The third kappa shape index (κ3) is 2.96. The molecule has 0 unspecified atom stereocenters. The molecule has 0 aliphatic carbocycles. The van der Waals surface area contributed by atoms with E-state index in [4.69, 9.17) is 33.4 Å². The van der Waals surface area contributed by atoms with E-state index in [1.165, 1.54) is 0 Å². The predicted octanol–water partition coefficient (Wildman–Crippen LogP) is 6.51. The Morgan fingerprint density at radius 1 is 0.933 bits per heavy atom. The van der Waals surface area contributed by atoms with E-state index in [9.17, 15) is 4.79 Å².